The SMILES string of the molecule is COc1ccccc1CC(=O)Nc1ccc(NC(=O)c2cccc(OC(C)=O)c2)cc1. The summed E-state index contributed by atoms with van der Waals surface area (Å²) in [5.41, 5.74) is 2.32. The molecule has 0 aliphatic heterocycles. The molecule has 0 unspecified atom stereocenters. The molecular weight excluding hydrogens is 396 g/mol. The molecule has 2 amide bonds. The Hall–Kier alpha value is -4.13. The fourth-order valence-corrected chi connectivity index (χ4v) is 2.93. The highest BCUT2D eigenvalue weighted by atomic mass is 16.5. The molecule has 3 aromatic rings. The first-order valence-electron chi connectivity index (χ1n) is 9.56. The summed E-state index contributed by atoms with van der Waals surface area (Å²) in [4.78, 5) is 35.8. The van der Waals surface area contributed by atoms with Crippen LogP contribution in [-0.4, -0.2) is 24.9 Å². The minimum atomic E-state index is -0.457. The van der Waals surface area contributed by atoms with Gasteiger partial charge in [0.05, 0.1) is 13.5 Å². The van der Waals surface area contributed by atoms with Crippen molar-refractivity contribution in [3.63, 3.8) is 0 Å². The van der Waals surface area contributed by atoms with E-state index < -0.39 is 5.97 Å². The summed E-state index contributed by atoms with van der Waals surface area (Å²) in [6, 6.07) is 20.5. The predicted molar refractivity (Wildman–Crippen MR) is 117 cm³/mol. The van der Waals surface area contributed by atoms with Crippen LogP contribution in [0.15, 0.2) is 72.8 Å². The first kappa shape index (κ1) is 21.6. The number of rotatable bonds is 7. The van der Waals surface area contributed by atoms with E-state index in [4.69, 9.17) is 9.47 Å². The van der Waals surface area contributed by atoms with E-state index in [9.17, 15) is 14.4 Å². The number of hydrogen-bond donors (Lipinski definition) is 2. The van der Waals surface area contributed by atoms with Crippen molar-refractivity contribution in [1.29, 1.82) is 0 Å². The van der Waals surface area contributed by atoms with E-state index in [2.05, 4.69) is 10.6 Å². The molecule has 0 saturated carbocycles. The molecule has 7 nitrogen and oxygen atoms in total. The van der Waals surface area contributed by atoms with Gasteiger partial charge in [0.25, 0.3) is 5.91 Å². The molecule has 3 rings (SSSR count). The highest BCUT2D eigenvalue weighted by Gasteiger charge is 2.10. The Balaban J connectivity index is 1.59. The first-order valence-corrected chi connectivity index (χ1v) is 9.56. The molecule has 158 valence electrons. The van der Waals surface area contributed by atoms with Gasteiger partial charge in [0.2, 0.25) is 5.91 Å². The molecule has 0 bridgehead atoms. The van der Waals surface area contributed by atoms with Crippen LogP contribution in [0.1, 0.15) is 22.8 Å². The zero-order chi connectivity index (χ0) is 22.2. The number of carbonyl (C=O) groups excluding carboxylic acids is 3. The highest BCUT2D eigenvalue weighted by molar-refractivity contribution is 6.04. The van der Waals surface area contributed by atoms with E-state index in [1.54, 1.807) is 49.6 Å². The number of benzene rings is 3. The van der Waals surface area contributed by atoms with Crippen molar-refractivity contribution < 1.29 is 23.9 Å². The number of esters is 1. The number of hydrogen-bond acceptors (Lipinski definition) is 5. The van der Waals surface area contributed by atoms with Gasteiger partial charge in [0.15, 0.2) is 0 Å². The maximum Gasteiger partial charge on any atom is 0.308 e. The lowest BCUT2D eigenvalue weighted by atomic mass is 10.1. The topological polar surface area (TPSA) is 93.7 Å². The van der Waals surface area contributed by atoms with Gasteiger partial charge in [0, 0.05) is 29.4 Å². The Morgan fingerprint density at radius 3 is 2.19 bits per heavy atom. The lowest BCUT2D eigenvalue weighted by molar-refractivity contribution is -0.131. The average molecular weight is 418 g/mol. The van der Waals surface area contributed by atoms with Gasteiger partial charge in [-0.2, -0.15) is 0 Å². The third kappa shape index (κ3) is 6.17. The summed E-state index contributed by atoms with van der Waals surface area (Å²) >= 11 is 0. The third-order valence-electron chi connectivity index (χ3n) is 4.33. The van der Waals surface area contributed by atoms with Crippen LogP contribution in [0.2, 0.25) is 0 Å². The van der Waals surface area contributed by atoms with Crippen LogP contribution in [0.3, 0.4) is 0 Å². The van der Waals surface area contributed by atoms with Gasteiger partial charge in [-0.25, -0.2) is 0 Å². The van der Waals surface area contributed by atoms with Crippen LogP contribution in [0.25, 0.3) is 0 Å². The van der Waals surface area contributed by atoms with Gasteiger partial charge in [0.1, 0.15) is 11.5 Å². The van der Waals surface area contributed by atoms with E-state index in [1.807, 2.05) is 24.3 Å². The molecule has 7 heteroatoms. The molecule has 0 heterocycles. The molecule has 0 aliphatic carbocycles. The number of nitrogens with one attached hydrogen (secondary N) is 2. The number of carbonyl (C=O) groups is 3. The lowest BCUT2D eigenvalue weighted by Gasteiger charge is -2.10. The Morgan fingerprint density at radius 1 is 0.839 bits per heavy atom. The van der Waals surface area contributed by atoms with E-state index in [0.717, 1.165) is 5.56 Å². The zero-order valence-corrected chi connectivity index (χ0v) is 17.2. The number of amides is 2. The van der Waals surface area contributed by atoms with E-state index in [1.165, 1.54) is 13.0 Å². The Morgan fingerprint density at radius 2 is 1.52 bits per heavy atom. The molecule has 0 aromatic heterocycles. The van der Waals surface area contributed by atoms with Crippen molar-refractivity contribution >= 4 is 29.2 Å². The minimum Gasteiger partial charge on any atom is -0.496 e. The van der Waals surface area contributed by atoms with Gasteiger partial charge in [-0.15, -0.1) is 0 Å². The zero-order valence-electron chi connectivity index (χ0n) is 17.2. The fourth-order valence-electron chi connectivity index (χ4n) is 2.93. The van der Waals surface area contributed by atoms with Crippen molar-refractivity contribution in [3.8, 4) is 11.5 Å². The number of ether oxygens (including phenoxy) is 2. The molecule has 3 aromatic carbocycles. The Kier molecular flexibility index (Phi) is 7.01. The van der Waals surface area contributed by atoms with Gasteiger partial charge in [-0.05, 0) is 48.5 Å². The fraction of sp³-hybridized carbons (Fsp3) is 0.125. The second-order valence-corrected chi connectivity index (χ2v) is 6.69. The van der Waals surface area contributed by atoms with Crippen LogP contribution >= 0.6 is 0 Å². The standard InChI is InChI=1S/C24H22N2O5/c1-16(27)31-21-8-5-7-18(14-21)24(29)26-20-12-10-19(11-13-20)25-23(28)15-17-6-3-4-9-22(17)30-2/h3-14H,15H2,1-2H3,(H,25,28)(H,26,29). The lowest BCUT2D eigenvalue weighted by Crippen LogP contribution is -2.15. The molecule has 2 N–H and O–H groups in total. The summed E-state index contributed by atoms with van der Waals surface area (Å²) in [6.45, 7) is 1.30. The third-order valence-corrected chi connectivity index (χ3v) is 4.33. The average Bonchev–Trinajstić information content (AvgIpc) is 2.75. The molecule has 0 fully saturated rings. The van der Waals surface area contributed by atoms with Crippen molar-refractivity contribution in [1.82, 2.24) is 0 Å². The summed E-state index contributed by atoms with van der Waals surface area (Å²) < 4.78 is 10.3. The molecule has 0 spiro atoms. The molecular formula is C24H22N2O5. The minimum absolute atomic E-state index is 0.177. The summed E-state index contributed by atoms with van der Waals surface area (Å²) in [6.07, 6.45) is 0.182. The maximum absolute atomic E-state index is 12.4. The number of para-hydroxylation sites is 1. The van der Waals surface area contributed by atoms with Gasteiger partial charge in [-0.1, -0.05) is 24.3 Å². The number of anilines is 2. The largest absolute Gasteiger partial charge is 0.496 e. The van der Waals surface area contributed by atoms with Crippen molar-refractivity contribution in [2.45, 2.75) is 13.3 Å². The monoisotopic (exact) mass is 418 g/mol. The van der Waals surface area contributed by atoms with Crippen LogP contribution in [0.5, 0.6) is 11.5 Å². The molecule has 0 saturated heterocycles. The molecule has 0 atom stereocenters. The quantitative estimate of drug-likeness (QED) is 0.446. The molecule has 0 radical (unpaired) electrons. The van der Waals surface area contributed by atoms with Crippen molar-refractivity contribution in [3.05, 3.63) is 83.9 Å². The van der Waals surface area contributed by atoms with Gasteiger partial charge in [-0.3, -0.25) is 14.4 Å². The van der Waals surface area contributed by atoms with Crippen molar-refractivity contribution in [2.24, 2.45) is 0 Å². The molecule has 0 aliphatic rings. The molecule has 31 heavy (non-hydrogen) atoms. The van der Waals surface area contributed by atoms with E-state index >= 15 is 0 Å². The van der Waals surface area contributed by atoms with Crippen LogP contribution in [0.4, 0.5) is 11.4 Å². The van der Waals surface area contributed by atoms with Gasteiger partial charge >= 0.3 is 5.97 Å². The van der Waals surface area contributed by atoms with E-state index in [-0.39, 0.29) is 18.2 Å². The summed E-state index contributed by atoms with van der Waals surface area (Å²) in [5.74, 6) is -0.0202. The first-order chi connectivity index (χ1) is 14.9. The smallest absolute Gasteiger partial charge is 0.308 e. The predicted octanol–water partition coefficient (Wildman–Crippen LogP) is 4.05. The van der Waals surface area contributed by atoms with Crippen LogP contribution < -0.4 is 20.1 Å². The second kappa shape index (κ2) is 10.1. The Bertz CT molecular complexity index is 1090. The highest BCUT2D eigenvalue weighted by Crippen LogP contribution is 2.20. The van der Waals surface area contributed by atoms with E-state index in [0.29, 0.717) is 28.4 Å². The second-order valence-electron chi connectivity index (χ2n) is 6.69. The Labute approximate surface area is 180 Å². The van der Waals surface area contributed by atoms with Crippen molar-refractivity contribution in [2.75, 3.05) is 17.7 Å². The number of methoxy groups -OCH3 is 1. The summed E-state index contributed by atoms with van der Waals surface area (Å²) in [7, 11) is 1.57. The maximum atomic E-state index is 12.4. The van der Waals surface area contributed by atoms with Crippen LogP contribution in [0, 0.1) is 0 Å². The summed E-state index contributed by atoms with van der Waals surface area (Å²) in [5, 5.41) is 5.59. The normalized spacial score (nSPS) is 10.1. The van der Waals surface area contributed by atoms with Crippen LogP contribution in [-0.2, 0) is 16.0 Å². The van der Waals surface area contributed by atoms with Gasteiger partial charge < -0.3 is 20.1 Å².